The second kappa shape index (κ2) is 5.99. The van der Waals surface area contributed by atoms with Gasteiger partial charge < -0.3 is 10.4 Å². The van der Waals surface area contributed by atoms with Gasteiger partial charge in [0.2, 0.25) is 0 Å². The van der Waals surface area contributed by atoms with Crippen molar-refractivity contribution in [2.75, 3.05) is 5.32 Å². The maximum Gasteiger partial charge on any atom is 0.356 e. The lowest BCUT2D eigenvalue weighted by molar-refractivity contribution is 0.0691. The number of carboxylic acids is 1. The van der Waals surface area contributed by atoms with Gasteiger partial charge in [-0.05, 0) is 52.7 Å². The first-order chi connectivity index (χ1) is 9.38. The highest BCUT2D eigenvalue weighted by molar-refractivity contribution is 9.10. The molecule has 0 spiro atoms. The minimum atomic E-state index is -1.18. The Kier molecular flexibility index (Phi) is 4.52. The van der Waals surface area contributed by atoms with Gasteiger partial charge in [0.1, 0.15) is 5.82 Å². The van der Waals surface area contributed by atoms with Crippen molar-refractivity contribution in [1.82, 2.24) is 4.98 Å². The fourth-order valence-electron chi connectivity index (χ4n) is 1.54. The van der Waals surface area contributed by atoms with Crippen LogP contribution in [0.15, 0.2) is 28.7 Å². The van der Waals surface area contributed by atoms with Crippen LogP contribution >= 0.6 is 39.1 Å². The first-order valence-corrected chi connectivity index (χ1v) is 7.06. The zero-order valence-corrected chi connectivity index (χ0v) is 13.3. The summed E-state index contributed by atoms with van der Waals surface area (Å²) in [5, 5.41) is 12.7. The molecule has 0 bridgehead atoms. The van der Waals surface area contributed by atoms with Crippen LogP contribution in [-0.4, -0.2) is 16.1 Å². The molecule has 20 heavy (non-hydrogen) atoms. The van der Waals surface area contributed by atoms with Gasteiger partial charge in [0.15, 0.2) is 5.69 Å². The first-order valence-electron chi connectivity index (χ1n) is 5.51. The summed E-state index contributed by atoms with van der Waals surface area (Å²) >= 11 is 15.2. The number of aryl methyl sites for hydroxylation is 1. The van der Waals surface area contributed by atoms with Gasteiger partial charge in [0.25, 0.3) is 0 Å². The number of nitrogens with one attached hydrogen (secondary N) is 1. The lowest BCUT2D eigenvalue weighted by Crippen LogP contribution is -2.04. The number of aromatic nitrogens is 1. The number of benzene rings is 1. The van der Waals surface area contributed by atoms with Crippen LogP contribution < -0.4 is 5.32 Å². The number of rotatable bonds is 3. The molecule has 0 fully saturated rings. The lowest BCUT2D eigenvalue weighted by atomic mass is 10.2. The van der Waals surface area contributed by atoms with Crippen molar-refractivity contribution >= 4 is 56.6 Å². The summed E-state index contributed by atoms with van der Waals surface area (Å²) in [6, 6.07) is 6.66. The van der Waals surface area contributed by atoms with Gasteiger partial charge in [0, 0.05) is 9.50 Å². The summed E-state index contributed by atoms with van der Waals surface area (Å²) in [7, 11) is 0. The summed E-state index contributed by atoms with van der Waals surface area (Å²) in [6.45, 7) is 1.89. The monoisotopic (exact) mass is 374 g/mol. The van der Waals surface area contributed by atoms with Crippen molar-refractivity contribution in [1.29, 1.82) is 0 Å². The van der Waals surface area contributed by atoms with Crippen LogP contribution in [0.5, 0.6) is 0 Å². The molecule has 0 aliphatic rings. The summed E-state index contributed by atoms with van der Waals surface area (Å²) in [5.41, 5.74) is 1.41. The number of pyridine rings is 1. The van der Waals surface area contributed by atoms with E-state index in [0.717, 1.165) is 10.0 Å². The summed E-state index contributed by atoms with van der Waals surface area (Å²) in [6.07, 6.45) is 0. The Morgan fingerprint density at radius 1 is 1.30 bits per heavy atom. The van der Waals surface area contributed by atoms with Crippen LogP contribution in [0.25, 0.3) is 0 Å². The van der Waals surface area contributed by atoms with E-state index in [4.69, 9.17) is 28.3 Å². The van der Waals surface area contributed by atoms with E-state index in [0.29, 0.717) is 16.5 Å². The standard InChI is InChI=1S/C13H9BrCl2N2O2/c1-6-4-7(14)10(5-9(6)16)17-11-3-2-8(15)12(18-11)13(19)20/h2-5H,1H3,(H,17,18)(H,19,20). The minimum Gasteiger partial charge on any atom is -0.476 e. The molecule has 7 heteroatoms. The third kappa shape index (κ3) is 3.23. The third-order valence-corrected chi connectivity index (χ3v) is 3.93. The molecule has 1 aromatic carbocycles. The Labute approximate surface area is 133 Å². The Hall–Kier alpha value is -1.30. The molecule has 0 saturated carbocycles. The maximum absolute atomic E-state index is 11.0. The second-order valence-corrected chi connectivity index (χ2v) is 5.71. The maximum atomic E-state index is 11.0. The Morgan fingerprint density at radius 2 is 2.00 bits per heavy atom. The molecule has 0 radical (unpaired) electrons. The number of carboxylic acid groups (broad SMARTS) is 1. The van der Waals surface area contributed by atoms with E-state index in [-0.39, 0.29) is 10.7 Å². The third-order valence-electron chi connectivity index (χ3n) is 2.56. The normalized spacial score (nSPS) is 10.4. The first kappa shape index (κ1) is 15.1. The molecule has 0 saturated heterocycles. The van der Waals surface area contributed by atoms with Crippen molar-refractivity contribution < 1.29 is 9.90 Å². The van der Waals surface area contributed by atoms with E-state index in [1.165, 1.54) is 6.07 Å². The molecule has 0 aliphatic heterocycles. The van der Waals surface area contributed by atoms with E-state index >= 15 is 0 Å². The molecule has 0 atom stereocenters. The van der Waals surface area contributed by atoms with E-state index in [1.807, 2.05) is 13.0 Å². The number of carbonyl (C=O) groups is 1. The largest absolute Gasteiger partial charge is 0.476 e. The fourth-order valence-corrected chi connectivity index (χ4v) is 2.45. The highest BCUT2D eigenvalue weighted by atomic mass is 79.9. The van der Waals surface area contributed by atoms with Gasteiger partial charge in [-0.1, -0.05) is 23.2 Å². The summed E-state index contributed by atoms with van der Waals surface area (Å²) in [4.78, 5) is 14.9. The van der Waals surface area contributed by atoms with Gasteiger partial charge in [0.05, 0.1) is 10.7 Å². The molecular weight excluding hydrogens is 367 g/mol. The number of aromatic carboxylic acids is 1. The van der Waals surface area contributed by atoms with Gasteiger partial charge >= 0.3 is 5.97 Å². The van der Waals surface area contributed by atoms with Crippen molar-refractivity contribution in [3.63, 3.8) is 0 Å². The predicted molar refractivity (Wildman–Crippen MR) is 83.4 cm³/mol. The topological polar surface area (TPSA) is 62.2 Å². The summed E-state index contributed by atoms with van der Waals surface area (Å²) in [5.74, 6) is -0.813. The molecule has 104 valence electrons. The molecule has 0 aliphatic carbocycles. The van der Waals surface area contributed by atoms with Gasteiger partial charge in [-0.3, -0.25) is 0 Å². The molecule has 0 amide bonds. The molecule has 2 N–H and O–H groups in total. The van der Waals surface area contributed by atoms with Crippen molar-refractivity contribution in [3.8, 4) is 0 Å². The molecule has 1 aromatic heterocycles. The van der Waals surface area contributed by atoms with Crippen LogP contribution in [0.2, 0.25) is 10.0 Å². The minimum absolute atomic E-state index is 0.0871. The zero-order chi connectivity index (χ0) is 14.9. The van der Waals surface area contributed by atoms with Crippen LogP contribution in [0.1, 0.15) is 16.1 Å². The number of anilines is 2. The van der Waals surface area contributed by atoms with Crippen molar-refractivity contribution in [2.45, 2.75) is 6.92 Å². The zero-order valence-electron chi connectivity index (χ0n) is 10.2. The smallest absolute Gasteiger partial charge is 0.356 e. The quantitative estimate of drug-likeness (QED) is 0.800. The van der Waals surface area contributed by atoms with Crippen LogP contribution in [-0.2, 0) is 0 Å². The van der Waals surface area contributed by atoms with E-state index in [2.05, 4.69) is 26.2 Å². The van der Waals surface area contributed by atoms with Crippen molar-refractivity contribution in [3.05, 3.63) is 50.0 Å². The van der Waals surface area contributed by atoms with E-state index in [1.54, 1.807) is 12.1 Å². The summed E-state index contributed by atoms with van der Waals surface area (Å²) < 4.78 is 0.799. The lowest BCUT2D eigenvalue weighted by Gasteiger charge is -2.10. The van der Waals surface area contributed by atoms with E-state index < -0.39 is 5.97 Å². The molecule has 1 heterocycles. The Bertz CT molecular complexity index is 692. The SMILES string of the molecule is Cc1cc(Br)c(Nc2ccc(Cl)c(C(=O)O)n2)cc1Cl. The van der Waals surface area contributed by atoms with Crippen molar-refractivity contribution in [2.24, 2.45) is 0 Å². The molecule has 2 rings (SSSR count). The highest BCUT2D eigenvalue weighted by Gasteiger charge is 2.12. The molecule has 0 unspecified atom stereocenters. The van der Waals surface area contributed by atoms with Gasteiger partial charge in [-0.25, -0.2) is 9.78 Å². The van der Waals surface area contributed by atoms with Crippen LogP contribution in [0, 0.1) is 6.92 Å². The van der Waals surface area contributed by atoms with Gasteiger partial charge in [-0.2, -0.15) is 0 Å². The number of nitrogens with zero attached hydrogens (tertiary/aromatic N) is 1. The molecule has 2 aromatic rings. The van der Waals surface area contributed by atoms with Crippen LogP contribution in [0.3, 0.4) is 0 Å². The number of hydrogen-bond acceptors (Lipinski definition) is 3. The average Bonchev–Trinajstić information content (AvgIpc) is 2.37. The highest BCUT2D eigenvalue weighted by Crippen LogP contribution is 2.31. The van der Waals surface area contributed by atoms with E-state index in [9.17, 15) is 4.79 Å². The number of halogens is 3. The van der Waals surface area contributed by atoms with Gasteiger partial charge in [-0.15, -0.1) is 0 Å². The number of hydrogen-bond donors (Lipinski definition) is 2. The Balaban J connectivity index is 2.38. The molecule has 4 nitrogen and oxygen atoms in total. The second-order valence-electron chi connectivity index (χ2n) is 4.04. The van der Waals surface area contributed by atoms with Crippen LogP contribution in [0.4, 0.5) is 11.5 Å². The predicted octanol–water partition coefficient (Wildman–Crippen LogP) is 4.90. The molecular formula is C13H9BrCl2N2O2. The average molecular weight is 376 g/mol. The Morgan fingerprint density at radius 3 is 2.65 bits per heavy atom. The fraction of sp³-hybridized carbons (Fsp3) is 0.0769.